The zero-order valence-corrected chi connectivity index (χ0v) is 18.1. The van der Waals surface area contributed by atoms with Crippen molar-refractivity contribution < 1.29 is 19.1 Å². The number of halogens is 2. The largest absolute Gasteiger partial charge is 0.405 e. The van der Waals surface area contributed by atoms with Crippen molar-refractivity contribution in [1.29, 1.82) is 0 Å². The van der Waals surface area contributed by atoms with E-state index in [1.807, 2.05) is 12.1 Å². The van der Waals surface area contributed by atoms with Crippen LogP contribution < -0.4 is 0 Å². The summed E-state index contributed by atoms with van der Waals surface area (Å²) < 4.78 is 12.5. The van der Waals surface area contributed by atoms with Gasteiger partial charge in [-0.15, -0.1) is 0 Å². The van der Waals surface area contributed by atoms with Gasteiger partial charge < -0.3 is 9.47 Å². The van der Waals surface area contributed by atoms with Crippen molar-refractivity contribution in [2.24, 2.45) is 9.98 Å². The molecule has 0 bridgehead atoms. The van der Waals surface area contributed by atoms with Crippen LogP contribution in [0.4, 0.5) is 0 Å². The number of aliphatic imine (C=N–C) groups is 2. The average Bonchev–Trinajstić information content (AvgIpc) is 3.14. The van der Waals surface area contributed by atoms with Gasteiger partial charge in [0.15, 0.2) is 11.1 Å². The molecule has 142 valence electrons. The smallest absolute Gasteiger partial charge is 0.343 e. The molecule has 6 nitrogen and oxygen atoms in total. The summed E-state index contributed by atoms with van der Waals surface area (Å²) in [6, 6.07) is 14.4. The Balaban J connectivity index is 1.77. The molecule has 2 aromatic rings. The van der Waals surface area contributed by atoms with E-state index in [0.29, 0.717) is 11.1 Å². The SMILES string of the molecule is CC1(C2(C)N=C(c3cccc(Br)c3)OC2=O)N=C(c2cccc(Br)c2)OC1=O. The summed E-state index contributed by atoms with van der Waals surface area (Å²) in [4.78, 5) is 34.5. The van der Waals surface area contributed by atoms with Crippen LogP contribution in [0.5, 0.6) is 0 Å². The number of cyclic esters (lactones) is 2. The molecule has 2 atom stereocenters. The minimum Gasteiger partial charge on any atom is -0.405 e. The van der Waals surface area contributed by atoms with Gasteiger partial charge in [-0.05, 0) is 50.2 Å². The van der Waals surface area contributed by atoms with Crippen molar-refractivity contribution in [3.63, 3.8) is 0 Å². The molecule has 0 N–H and O–H groups in total. The van der Waals surface area contributed by atoms with E-state index in [4.69, 9.17) is 9.47 Å². The van der Waals surface area contributed by atoms with Gasteiger partial charge in [-0.3, -0.25) is 0 Å². The molecule has 4 rings (SSSR count). The first-order valence-corrected chi connectivity index (χ1v) is 9.98. The van der Waals surface area contributed by atoms with Crippen LogP contribution in [0.2, 0.25) is 0 Å². The van der Waals surface area contributed by atoms with Crippen LogP contribution >= 0.6 is 31.9 Å². The molecule has 0 spiro atoms. The van der Waals surface area contributed by atoms with Crippen LogP contribution in [-0.2, 0) is 19.1 Å². The van der Waals surface area contributed by atoms with Gasteiger partial charge in [-0.2, -0.15) is 0 Å². The van der Waals surface area contributed by atoms with Gasteiger partial charge in [-0.25, -0.2) is 19.6 Å². The molecule has 0 saturated carbocycles. The van der Waals surface area contributed by atoms with Crippen LogP contribution in [-0.4, -0.2) is 34.8 Å². The Morgan fingerprint density at radius 3 is 1.50 bits per heavy atom. The van der Waals surface area contributed by atoms with Gasteiger partial charge in [0.25, 0.3) is 0 Å². The molecule has 0 aliphatic carbocycles. The summed E-state index contributed by atoms with van der Waals surface area (Å²) in [7, 11) is 0. The topological polar surface area (TPSA) is 77.3 Å². The van der Waals surface area contributed by atoms with Gasteiger partial charge in [0.2, 0.25) is 11.8 Å². The van der Waals surface area contributed by atoms with Gasteiger partial charge in [0.1, 0.15) is 0 Å². The molecule has 0 amide bonds. The van der Waals surface area contributed by atoms with Crippen molar-refractivity contribution in [2.75, 3.05) is 0 Å². The predicted octanol–water partition coefficient (Wildman–Crippen LogP) is 4.04. The van der Waals surface area contributed by atoms with E-state index < -0.39 is 23.0 Å². The number of benzene rings is 2. The fourth-order valence-corrected chi connectivity index (χ4v) is 3.82. The number of hydrogen-bond acceptors (Lipinski definition) is 6. The number of hydrogen-bond donors (Lipinski definition) is 0. The standard InChI is InChI=1S/C20H14Br2N2O4/c1-19(17(25)27-15(23-19)11-5-3-7-13(21)9-11)20(2)18(26)28-16(24-20)12-6-4-8-14(22)10-12/h3-10H,1-2H3. The van der Waals surface area contributed by atoms with Gasteiger partial charge in [-0.1, -0.05) is 44.0 Å². The Bertz CT molecular complexity index is 996. The van der Waals surface area contributed by atoms with E-state index in [2.05, 4.69) is 41.8 Å². The Hall–Kier alpha value is -2.32. The van der Waals surface area contributed by atoms with E-state index in [1.165, 1.54) is 13.8 Å². The molecule has 2 aliphatic rings. The highest BCUT2D eigenvalue weighted by molar-refractivity contribution is 9.10. The zero-order valence-electron chi connectivity index (χ0n) is 14.9. The Kier molecular flexibility index (Phi) is 4.50. The number of carbonyl (C=O) groups excluding carboxylic acids is 2. The molecule has 2 aliphatic heterocycles. The van der Waals surface area contributed by atoms with Crippen molar-refractivity contribution >= 4 is 55.6 Å². The van der Waals surface area contributed by atoms with E-state index >= 15 is 0 Å². The van der Waals surface area contributed by atoms with E-state index in [1.54, 1.807) is 36.4 Å². The first-order valence-electron chi connectivity index (χ1n) is 8.39. The Morgan fingerprint density at radius 1 is 0.750 bits per heavy atom. The number of ether oxygens (including phenoxy) is 2. The monoisotopic (exact) mass is 504 g/mol. The number of rotatable bonds is 3. The highest BCUT2D eigenvalue weighted by Crippen LogP contribution is 2.40. The van der Waals surface area contributed by atoms with Crippen LogP contribution in [0.25, 0.3) is 0 Å². The highest BCUT2D eigenvalue weighted by Gasteiger charge is 2.63. The minimum atomic E-state index is -1.55. The molecular weight excluding hydrogens is 492 g/mol. The highest BCUT2D eigenvalue weighted by atomic mass is 79.9. The summed E-state index contributed by atoms with van der Waals surface area (Å²) in [6.45, 7) is 3.07. The second kappa shape index (κ2) is 6.63. The third kappa shape index (κ3) is 2.91. The lowest BCUT2D eigenvalue weighted by molar-refractivity contribution is -0.149. The second-order valence-electron chi connectivity index (χ2n) is 6.78. The third-order valence-electron chi connectivity index (χ3n) is 4.92. The summed E-state index contributed by atoms with van der Waals surface area (Å²) >= 11 is 6.77. The normalized spacial score (nSPS) is 26.6. The van der Waals surface area contributed by atoms with Crippen molar-refractivity contribution in [1.82, 2.24) is 0 Å². The van der Waals surface area contributed by atoms with Gasteiger partial charge >= 0.3 is 11.9 Å². The van der Waals surface area contributed by atoms with Gasteiger partial charge in [0.05, 0.1) is 0 Å². The van der Waals surface area contributed by atoms with Crippen molar-refractivity contribution in [3.05, 3.63) is 68.6 Å². The lowest BCUT2D eigenvalue weighted by Gasteiger charge is -2.28. The fourth-order valence-electron chi connectivity index (χ4n) is 3.02. The van der Waals surface area contributed by atoms with Crippen LogP contribution in [0.3, 0.4) is 0 Å². The molecule has 2 heterocycles. The maximum Gasteiger partial charge on any atom is 0.343 e. The molecule has 8 heteroatoms. The van der Waals surface area contributed by atoms with Crippen LogP contribution in [0, 0.1) is 0 Å². The molecule has 2 unspecified atom stereocenters. The summed E-state index contributed by atoms with van der Waals surface area (Å²) in [5.41, 5.74) is -1.85. The quantitative estimate of drug-likeness (QED) is 0.590. The van der Waals surface area contributed by atoms with Crippen molar-refractivity contribution in [2.45, 2.75) is 24.9 Å². The molecule has 0 saturated heterocycles. The molecule has 0 radical (unpaired) electrons. The number of esters is 2. The molecule has 0 aromatic heterocycles. The molecule has 0 fully saturated rings. The number of carbonyl (C=O) groups is 2. The first kappa shape index (κ1) is 19.0. The molecule has 2 aromatic carbocycles. The first-order chi connectivity index (χ1) is 13.2. The van der Waals surface area contributed by atoms with E-state index in [0.717, 1.165) is 8.95 Å². The van der Waals surface area contributed by atoms with E-state index in [-0.39, 0.29) is 11.8 Å². The number of nitrogens with zero attached hydrogens (tertiary/aromatic N) is 2. The van der Waals surface area contributed by atoms with Crippen LogP contribution in [0.15, 0.2) is 67.5 Å². The minimum absolute atomic E-state index is 0.147. The van der Waals surface area contributed by atoms with Gasteiger partial charge in [0, 0.05) is 20.1 Å². The summed E-state index contributed by atoms with van der Waals surface area (Å²) in [5.74, 6) is -1.01. The summed E-state index contributed by atoms with van der Waals surface area (Å²) in [5, 5.41) is 0. The Morgan fingerprint density at radius 2 is 1.14 bits per heavy atom. The maximum absolute atomic E-state index is 12.8. The lowest BCUT2D eigenvalue weighted by Crippen LogP contribution is -2.55. The van der Waals surface area contributed by atoms with Crippen LogP contribution in [0.1, 0.15) is 25.0 Å². The third-order valence-corrected chi connectivity index (χ3v) is 5.90. The lowest BCUT2D eigenvalue weighted by atomic mass is 9.81. The zero-order chi connectivity index (χ0) is 20.1. The molecular formula is C20H14Br2N2O4. The maximum atomic E-state index is 12.8. The Labute approximate surface area is 177 Å². The predicted molar refractivity (Wildman–Crippen MR) is 110 cm³/mol. The fraction of sp³-hybridized carbons (Fsp3) is 0.200. The van der Waals surface area contributed by atoms with Crippen molar-refractivity contribution in [3.8, 4) is 0 Å². The second-order valence-corrected chi connectivity index (χ2v) is 8.61. The summed E-state index contributed by atoms with van der Waals surface area (Å²) in [6.07, 6.45) is 0. The molecule has 28 heavy (non-hydrogen) atoms. The van der Waals surface area contributed by atoms with E-state index in [9.17, 15) is 9.59 Å². The average molecular weight is 506 g/mol.